The van der Waals surface area contributed by atoms with E-state index in [4.69, 9.17) is 4.74 Å². The van der Waals surface area contributed by atoms with Gasteiger partial charge in [-0.1, -0.05) is 67.8 Å². The van der Waals surface area contributed by atoms with Crippen molar-refractivity contribution in [3.63, 3.8) is 0 Å². The highest BCUT2D eigenvalue weighted by Gasteiger charge is 2.54. The van der Waals surface area contributed by atoms with Gasteiger partial charge in [-0.2, -0.15) is 0 Å². The lowest BCUT2D eigenvalue weighted by Crippen LogP contribution is -2.63. The van der Waals surface area contributed by atoms with Crippen molar-refractivity contribution >= 4 is 11.8 Å². The molecule has 0 bridgehead atoms. The molecule has 0 aromatic heterocycles. The van der Waals surface area contributed by atoms with E-state index in [1.54, 1.807) is 7.11 Å². The molecule has 1 saturated carbocycles. The number of rotatable bonds is 7. The van der Waals surface area contributed by atoms with Crippen molar-refractivity contribution in [2.24, 2.45) is 0 Å². The molecule has 170 valence electrons. The second-order valence-corrected chi connectivity index (χ2v) is 8.81. The number of hydrogen-bond acceptors (Lipinski definition) is 4. The number of aliphatic hydroxyl groups is 1. The highest BCUT2D eigenvalue weighted by Crippen LogP contribution is 2.49. The second-order valence-electron chi connectivity index (χ2n) is 8.81. The summed E-state index contributed by atoms with van der Waals surface area (Å²) < 4.78 is 5.31. The summed E-state index contributed by atoms with van der Waals surface area (Å²) in [5, 5.41) is 13.6. The summed E-state index contributed by atoms with van der Waals surface area (Å²) in [6.07, 6.45) is 3.86. The molecule has 2 atom stereocenters. The van der Waals surface area contributed by atoms with Crippen LogP contribution in [-0.4, -0.2) is 54.2 Å². The van der Waals surface area contributed by atoms with Crippen molar-refractivity contribution in [3.8, 4) is 0 Å². The summed E-state index contributed by atoms with van der Waals surface area (Å²) in [7, 11) is 1.63. The predicted octanol–water partition coefficient (Wildman–Crippen LogP) is 3.43. The smallest absolute Gasteiger partial charge is 0.254 e. The van der Waals surface area contributed by atoms with E-state index in [2.05, 4.69) is 5.32 Å². The molecule has 1 fully saturated rings. The SMILES string of the molecule is COCCN1C(=O)c2ccccc2C(C(=O)NCC(O)c2ccccc2)C12CCCCC2. The number of hydrogen-bond donors (Lipinski definition) is 2. The molecule has 0 radical (unpaired) electrons. The second kappa shape index (κ2) is 9.84. The Morgan fingerprint density at radius 1 is 1.12 bits per heavy atom. The first kappa shape index (κ1) is 22.5. The van der Waals surface area contributed by atoms with Gasteiger partial charge in [0, 0.05) is 25.8 Å². The van der Waals surface area contributed by atoms with Gasteiger partial charge < -0.3 is 20.1 Å². The van der Waals surface area contributed by atoms with Crippen LogP contribution in [0.2, 0.25) is 0 Å². The van der Waals surface area contributed by atoms with Crippen molar-refractivity contribution in [2.45, 2.75) is 49.7 Å². The van der Waals surface area contributed by atoms with Crippen LogP contribution in [-0.2, 0) is 9.53 Å². The average Bonchev–Trinajstić information content (AvgIpc) is 2.83. The van der Waals surface area contributed by atoms with E-state index >= 15 is 0 Å². The number of aliphatic hydroxyl groups excluding tert-OH is 1. The maximum absolute atomic E-state index is 13.7. The number of benzene rings is 2. The summed E-state index contributed by atoms with van der Waals surface area (Å²) in [5.41, 5.74) is 1.58. The van der Waals surface area contributed by atoms with E-state index in [-0.39, 0.29) is 18.4 Å². The largest absolute Gasteiger partial charge is 0.387 e. The Morgan fingerprint density at radius 3 is 2.53 bits per heavy atom. The molecule has 32 heavy (non-hydrogen) atoms. The number of methoxy groups -OCH3 is 1. The van der Waals surface area contributed by atoms with E-state index < -0.39 is 17.6 Å². The van der Waals surface area contributed by atoms with E-state index in [1.165, 1.54) is 0 Å². The minimum absolute atomic E-state index is 0.0204. The van der Waals surface area contributed by atoms with Gasteiger partial charge in [-0.05, 0) is 30.0 Å². The lowest BCUT2D eigenvalue weighted by Gasteiger charge is -2.53. The van der Waals surface area contributed by atoms with Crippen LogP contribution >= 0.6 is 0 Å². The van der Waals surface area contributed by atoms with Crippen LogP contribution in [0.1, 0.15) is 65.6 Å². The minimum atomic E-state index is -0.785. The number of nitrogens with zero attached hydrogens (tertiary/aromatic N) is 1. The standard InChI is InChI=1S/C26H32N2O4/c1-32-17-16-28-25(31)21-13-7-6-12-20(21)23(26(28)14-8-3-9-15-26)24(30)27-18-22(29)19-10-4-2-5-11-19/h2,4-7,10-13,22-23,29H,3,8-9,14-18H2,1H3,(H,27,30). The molecule has 2 unspecified atom stereocenters. The Morgan fingerprint density at radius 2 is 1.81 bits per heavy atom. The Bertz CT molecular complexity index is 940. The number of nitrogens with one attached hydrogen (secondary N) is 1. The molecule has 2 N–H and O–H groups in total. The molecule has 1 aliphatic heterocycles. The summed E-state index contributed by atoms with van der Waals surface area (Å²) in [6, 6.07) is 16.8. The van der Waals surface area contributed by atoms with E-state index in [0.717, 1.165) is 43.2 Å². The molecule has 2 aromatic rings. The molecule has 2 amide bonds. The summed E-state index contributed by atoms with van der Waals surface area (Å²) in [6.45, 7) is 1.01. The molecule has 0 saturated heterocycles. The van der Waals surface area contributed by atoms with Crippen molar-refractivity contribution < 1.29 is 19.4 Å². The summed E-state index contributed by atoms with van der Waals surface area (Å²) in [5.74, 6) is -0.631. The molecule has 2 aromatic carbocycles. The van der Waals surface area contributed by atoms with Crippen LogP contribution in [0, 0.1) is 0 Å². The van der Waals surface area contributed by atoms with E-state index in [0.29, 0.717) is 18.7 Å². The van der Waals surface area contributed by atoms with Crippen molar-refractivity contribution in [3.05, 3.63) is 71.3 Å². The van der Waals surface area contributed by atoms with Crippen LogP contribution in [0.3, 0.4) is 0 Å². The number of fused-ring (bicyclic) bond motifs is 1. The van der Waals surface area contributed by atoms with Gasteiger partial charge in [0.1, 0.15) is 0 Å². The number of ether oxygens (including phenoxy) is 1. The Balaban J connectivity index is 1.67. The van der Waals surface area contributed by atoms with Gasteiger partial charge in [0.05, 0.1) is 24.2 Å². The fraction of sp³-hybridized carbons (Fsp3) is 0.462. The Hall–Kier alpha value is -2.70. The molecule has 4 rings (SSSR count). The number of carbonyl (C=O) groups excluding carboxylic acids is 2. The normalized spacial score (nSPS) is 20.6. The third kappa shape index (κ3) is 4.17. The topological polar surface area (TPSA) is 78.9 Å². The molecule has 1 spiro atoms. The lowest BCUT2D eigenvalue weighted by atomic mass is 9.65. The first-order valence-corrected chi connectivity index (χ1v) is 11.5. The third-order valence-corrected chi connectivity index (χ3v) is 6.98. The highest BCUT2D eigenvalue weighted by atomic mass is 16.5. The predicted molar refractivity (Wildman–Crippen MR) is 122 cm³/mol. The number of amides is 2. The zero-order chi connectivity index (χ0) is 22.6. The van der Waals surface area contributed by atoms with Gasteiger partial charge >= 0.3 is 0 Å². The molecular formula is C26H32N2O4. The summed E-state index contributed by atoms with van der Waals surface area (Å²) >= 11 is 0. The number of carbonyl (C=O) groups is 2. The van der Waals surface area contributed by atoms with Crippen LogP contribution < -0.4 is 5.32 Å². The molecule has 6 heteroatoms. The van der Waals surface area contributed by atoms with Crippen molar-refractivity contribution in [1.82, 2.24) is 10.2 Å². The van der Waals surface area contributed by atoms with Gasteiger partial charge in [0.2, 0.25) is 5.91 Å². The fourth-order valence-electron chi connectivity index (χ4n) is 5.44. The maximum atomic E-state index is 13.7. The monoisotopic (exact) mass is 436 g/mol. The van der Waals surface area contributed by atoms with Crippen LogP contribution in [0.25, 0.3) is 0 Å². The molecule has 2 aliphatic rings. The summed E-state index contributed by atoms with van der Waals surface area (Å²) in [4.78, 5) is 29.1. The van der Waals surface area contributed by atoms with Gasteiger partial charge in [-0.25, -0.2) is 0 Å². The zero-order valence-electron chi connectivity index (χ0n) is 18.6. The maximum Gasteiger partial charge on any atom is 0.254 e. The first-order valence-electron chi connectivity index (χ1n) is 11.5. The lowest BCUT2D eigenvalue weighted by molar-refractivity contribution is -0.128. The zero-order valence-corrected chi connectivity index (χ0v) is 18.6. The van der Waals surface area contributed by atoms with Gasteiger partial charge in [0.15, 0.2) is 0 Å². The van der Waals surface area contributed by atoms with E-state index in [1.807, 2.05) is 59.5 Å². The van der Waals surface area contributed by atoms with Gasteiger partial charge in [0.25, 0.3) is 5.91 Å². The minimum Gasteiger partial charge on any atom is -0.387 e. The van der Waals surface area contributed by atoms with Crippen LogP contribution in [0.4, 0.5) is 0 Å². The van der Waals surface area contributed by atoms with Gasteiger partial charge in [-0.15, -0.1) is 0 Å². The van der Waals surface area contributed by atoms with Gasteiger partial charge in [-0.3, -0.25) is 9.59 Å². The fourth-order valence-corrected chi connectivity index (χ4v) is 5.44. The third-order valence-electron chi connectivity index (χ3n) is 6.98. The molecule has 6 nitrogen and oxygen atoms in total. The Kier molecular flexibility index (Phi) is 6.92. The highest BCUT2D eigenvalue weighted by molar-refractivity contribution is 6.02. The van der Waals surface area contributed by atoms with E-state index in [9.17, 15) is 14.7 Å². The first-order chi connectivity index (χ1) is 15.6. The Labute approximate surface area is 189 Å². The molecule has 1 aliphatic carbocycles. The quantitative estimate of drug-likeness (QED) is 0.697. The van der Waals surface area contributed by atoms with Crippen molar-refractivity contribution in [1.29, 1.82) is 0 Å². The van der Waals surface area contributed by atoms with Crippen LogP contribution in [0.15, 0.2) is 54.6 Å². The van der Waals surface area contributed by atoms with Crippen LogP contribution in [0.5, 0.6) is 0 Å². The van der Waals surface area contributed by atoms with Crippen molar-refractivity contribution in [2.75, 3.05) is 26.8 Å². The molecular weight excluding hydrogens is 404 g/mol. The molecule has 1 heterocycles. The average molecular weight is 437 g/mol.